The molecule has 1 aromatic rings. The summed E-state index contributed by atoms with van der Waals surface area (Å²) in [6, 6.07) is 9.44. The minimum absolute atomic E-state index is 0.188. The van der Waals surface area contributed by atoms with E-state index in [1.165, 1.54) is 11.5 Å². The number of hydrogen-bond acceptors (Lipinski definition) is 5. The van der Waals surface area contributed by atoms with Gasteiger partial charge in [0.1, 0.15) is 6.04 Å². The van der Waals surface area contributed by atoms with E-state index >= 15 is 0 Å². The SMILES string of the molecule is CCOC(=O)C(NCC1CSCCS1)c1ccccc1. The fourth-order valence-corrected chi connectivity index (χ4v) is 4.74. The summed E-state index contributed by atoms with van der Waals surface area (Å²) in [6.07, 6.45) is 0. The Kier molecular flexibility index (Phi) is 6.76. The first-order valence-electron chi connectivity index (χ1n) is 6.95. The molecule has 2 atom stereocenters. The predicted molar refractivity (Wildman–Crippen MR) is 87.4 cm³/mol. The second-order valence-electron chi connectivity index (χ2n) is 4.57. The highest BCUT2D eigenvalue weighted by Crippen LogP contribution is 2.24. The van der Waals surface area contributed by atoms with Crippen molar-refractivity contribution < 1.29 is 9.53 Å². The number of rotatable bonds is 6. The van der Waals surface area contributed by atoms with Crippen LogP contribution in [-0.4, -0.2) is 41.6 Å². The molecule has 20 heavy (non-hydrogen) atoms. The zero-order valence-electron chi connectivity index (χ0n) is 11.7. The van der Waals surface area contributed by atoms with Crippen LogP contribution < -0.4 is 5.32 Å². The van der Waals surface area contributed by atoms with Gasteiger partial charge in [-0.25, -0.2) is 4.79 Å². The van der Waals surface area contributed by atoms with E-state index in [-0.39, 0.29) is 12.0 Å². The molecular weight excluding hydrogens is 290 g/mol. The molecule has 5 heteroatoms. The molecule has 0 aliphatic carbocycles. The Bertz CT molecular complexity index is 408. The van der Waals surface area contributed by atoms with Crippen LogP contribution in [0.1, 0.15) is 18.5 Å². The highest BCUT2D eigenvalue weighted by molar-refractivity contribution is 8.06. The number of carbonyl (C=O) groups is 1. The van der Waals surface area contributed by atoms with Gasteiger partial charge in [-0.05, 0) is 12.5 Å². The third-order valence-electron chi connectivity index (χ3n) is 3.09. The van der Waals surface area contributed by atoms with E-state index in [4.69, 9.17) is 4.74 Å². The number of benzene rings is 1. The fraction of sp³-hybridized carbons (Fsp3) is 0.533. The maximum Gasteiger partial charge on any atom is 0.327 e. The zero-order valence-corrected chi connectivity index (χ0v) is 13.3. The third-order valence-corrected chi connectivity index (χ3v) is 5.93. The van der Waals surface area contributed by atoms with Crippen molar-refractivity contribution in [2.75, 3.05) is 30.4 Å². The van der Waals surface area contributed by atoms with Gasteiger partial charge in [0.2, 0.25) is 0 Å². The van der Waals surface area contributed by atoms with Gasteiger partial charge in [0, 0.05) is 29.1 Å². The summed E-state index contributed by atoms with van der Waals surface area (Å²) in [6.45, 7) is 3.10. The molecule has 1 aromatic carbocycles. The van der Waals surface area contributed by atoms with Gasteiger partial charge in [0.15, 0.2) is 0 Å². The maximum atomic E-state index is 12.1. The van der Waals surface area contributed by atoms with Gasteiger partial charge in [0.05, 0.1) is 6.61 Å². The molecule has 0 radical (unpaired) electrons. The van der Waals surface area contributed by atoms with Gasteiger partial charge in [-0.3, -0.25) is 5.32 Å². The second kappa shape index (κ2) is 8.60. The first-order valence-corrected chi connectivity index (χ1v) is 9.16. The number of esters is 1. The van der Waals surface area contributed by atoms with Gasteiger partial charge in [0.25, 0.3) is 0 Å². The van der Waals surface area contributed by atoms with Gasteiger partial charge in [-0.15, -0.1) is 0 Å². The number of carbonyl (C=O) groups excluding carboxylic acids is 1. The van der Waals surface area contributed by atoms with Crippen molar-refractivity contribution in [3.63, 3.8) is 0 Å². The van der Waals surface area contributed by atoms with Crippen LogP contribution >= 0.6 is 23.5 Å². The monoisotopic (exact) mass is 311 g/mol. The van der Waals surface area contributed by atoms with Crippen LogP contribution in [0.3, 0.4) is 0 Å². The third kappa shape index (κ3) is 4.72. The van der Waals surface area contributed by atoms with Crippen LogP contribution in [0.15, 0.2) is 30.3 Å². The quantitative estimate of drug-likeness (QED) is 0.818. The fourth-order valence-electron chi connectivity index (χ4n) is 2.11. The molecule has 0 amide bonds. The Labute approximate surface area is 129 Å². The first-order chi connectivity index (χ1) is 9.81. The van der Waals surface area contributed by atoms with Gasteiger partial charge in [-0.2, -0.15) is 23.5 Å². The Morgan fingerprint density at radius 3 is 2.85 bits per heavy atom. The summed E-state index contributed by atoms with van der Waals surface area (Å²) in [4.78, 5) is 12.1. The topological polar surface area (TPSA) is 38.3 Å². The number of ether oxygens (including phenoxy) is 1. The van der Waals surface area contributed by atoms with Crippen molar-refractivity contribution in [1.29, 1.82) is 0 Å². The van der Waals surface area contributed by atoms with Gasteiger partial charge < -0.3 is 4.74 Å². The van der Waals surface area contributed by atoms with E-state index < -0.39 is 0 Å². The highest BCUT2D eigenvalue weighted by Gasteiger charge is 2.23. The van der Waals surface area contributed by atoms with Crippen molar-refractivity contribution in [3.8, 4) is 0 Å². The van der Waals surface area contributed by atoms with Crippen molar-refractivity contribution in [3.05, 3.63) is 35.9 Å². The first kappa shape index (κ1) is 15.7. The molecule has 2 unspecified atom stereocenters. The summed E-state index contributed by atoms with van der Waals surface area (Å²) in [7, 11) is 0. The molecule has 110 valence electrons. The van der Waals surface area contributed by atoms with E-state index in [9.17, 15) is 4.79 Å². The molecule has 1 N–H and O–H groups in total. The lowest BCUT2D eigenvalue weighted by Gasteiger charge is -2.24. The molecule has 0 bridgehead atoms. The number of nitrogens with one attached hydrogen (secondary N) is 1. The van der Waals surface area contributed by atoms with Crippen LogP contribution in [0.2, 0.25) is 0 Å². The Balaban J connectivity index is 1.97. The Morgan fingerprint density at radius 1 is 1.40 bits per heavy atom. The van der Waals surface area contributed by atoms with E-state index in [1.807, 2.05) is 60.8 Å². The van der Waals surface area contributed by atoms with Gasteiger partial charge in [-0.1, -0.05) is 30.3 Å². The summed E-state index contributed by atoms with van der Waals surface area (Å²) < 4.78 is 5.18. The summed E-state index contributed by atoms with van der Waals surface area (Å²) in [5.41, 5.74) is 0.972. The van der Waals surface area contributed by atoms with Crippen LogP contribution in [0.5, 0.6) is 0 Å². The van der Waals surface area contributed by atoms with Crippen molar-refractivity contribution >= 4 is 29.5 Å². The lowest BCUT2D eigenvalue weighted by Crippen LogP contribution is -2.36. The van der Waals surface area contributed by atoms with Crippen LogP contribution in [0, 0.1) is 0 Å². The molecule has 1 aliphatic heterocycles. The lowest BCUT2D eigenvalue weighted by atomic mass is 10.1. The summed E-state index contributed by atoms with van der Waals surface area (Å²) in [5.74, 6) is 3.41. The van der Waals surface area contributed by atoms with Crippen LogP contribution in [0.25, 0.3) is 0 Å². The summed E-state index contributed by atoms with van der Waals surface area (Å²) >= 11 is 3.98. The molecule has 3 nitrogen and oxygen atoms in total. The largest absolute Gasteiger partial charge is 0.465 e. The molecule has 1 fully saturated rings. The minimum atomic E-state index is -0.358. The smallest absolute Gasteiger partial charge is 0.327 e. The molecule has 0 aromatic heterocycles. The number of thioether (sulfide) groups is 2. The molecule has 0 saturated carbocycles. The van der Waals surface area contributed by atoms with Crippen molar-refractivity contribution in [2.45, 2.75) is 18.2 Å². The van der Waals surface area contributed by atoms with E-state index in [2.05, 4.69) is 5.32 Å². The van der Waals surface area contributed by atoms with Crippen molar-refractivity contribution in [2.24, 2.45) is 0 Å². The average molecular weight is 311 g/mol. The maximum absolute atomic E-state index is 12.1. The van der Waals surface area contributed by atoms with Gasteiger partial charge >= 0.3 is 5.97 Å². The Morgan fingerprint density at radius 2 is 2.20 bits per heavy atom. The van der Waals surface area contributed by atoms with Crippen LogP contribution in [-0.2, 0) is 9.53 Å². The second-order valence-corrected chi connectivity index (χ2v) is 7.13. The zero-order chi connectivity index (χ0) is 14.2. The standard InChI is InChI=1S/C15H21NO2S2/c1-2-18-15(17)14(12-6-4-3-5-7-12)16-10-13-11-19-8-9-20-13/h3-7,13-14,16H,2,8-11H2,1H3. The van der Waals surface area contributed by atoms with E-state index in [1.54, 1.807) is 0 Å². The van der Waals surface area contributed by atoms with E-state index in [0.717, 1.165) is 17.9 Å². The highest BCUT2D eigenvalue weighted by atomic mass is 32.2. The predicted octanol–water partition coefficient (Wildman–Crippen LogP) is 2.73. The normalized spacial score (nSPS) is 20.4. The molecule has 1 saturated heterocycles. The molecule has 1 heterocycles. The Hall–Kier alpha value is -0.650. The van der Waals surface area contributed by atoms with Crippen LogP contribution in [0.4, 0.5) is 0 Å². The molecular formula is C15H21NO2S2. The average Bonchev–Trinajstić information content (AvgIpc) is 2.50. The van der Waals surface area contributed by atoms with Crippen molar-refractivity contribution in [1.82, 2.24) is 5.32 Å². The van der Waals surface area contributed by atoms with E-state index in [0.29, 0.717) is 11.9 Å². The molecule has 2 rings (SSSR count). The molecule has 1 aliphatic rings. The number of hydrogen-bond donors (Lipinski definition) is 1. The lowest BCUT2D eigenvalue weighted by molar-refractivity contribution is -0.145. The minimum Gasteiger partial charge on any atom is -0.465 e. The molecule has 0 spiro atoms. The summed E-state index contributed by atoms with van der Waals surface area (Å²) in [5, 5.41) is 3.96.